The van der Waals surface area contributed by atoms with Gasteiger partial charge in [-0.3, -0.25) is 4.98 Å². The third kappa shape index (κ3) is 6.16. The molecular formula is C26H35NO6. The fourth-order valence-corrected chi connectivity index (χ4v) is 4.49. The number of rotatable bonds is 10. The van der Waals surface area contributed by atoms with Crippen molar-refractivity contribution in [3.05, 3.63) is 46.3 Å². The Morgan fingerprint density at radius 3 is 2.45 bits per heavy atom. The number of aromatic nitrogens is 1. The van der Waals surface area contributed by atoms with Gasteiger partial charge in [0.2, 0.25) is 0 Å². The van der Waals surface area contributed by atoms with E-state index in [1.165, 1.54) is 26.4 Å². The number of esters is 1. The van der Waals surface area contributed by atoms with Gasteiger partial charge in [0.1, 0.15) is 5.75 Å². The largest absolute Gasteiger partial charge is 0.493 e. The number of nitrogens with zero attached hydrogens (tertiary/aromatic N) is 1. The molecule has 180 valence electrons. The first-order valence-corrected chi connectivity index (χ1v) is 11.5. The number of benzene rings is 1. The molecule has 1 saturated carbocycles. The monoisotopic (exact) mass is 457 g/mol. The lowest BCUT2D eigenvalue weighted by Crippen LogP contribution is -2.14. The van der Waals surface area contributed by atoms with E-state index in [0.29, 0.717) is 23.8 Å². The number of hydrogen-bond donors (Lipinski definition) is 0. The lowest BCUT2D eigenvalue weighted by molar-refractivity contribution is -0.142. The smallest absolute Gasteiger partial charge is 0.343 e. The molecule has 0 N–H and O–H groups in total. The van der Waals surface area contributed by atoms with Crippen molar-refractivity contribution in [1.82, 2.24) is 4.98 Å². The van der Waals surface area contributed by atoms with E-state index < -0.39 is 5.97 Å². The van der Waals surface area contributed by atoms with Crippen LogP contribution in [0.15, 0.2) is 18.2 Å². The molecule has 1 aromatic heterocycles. The lowest BCUT2D eigenvalue weighted by Gasteiger charge is -2.24. The van der Waals surface area contributed by atoms with Crippen LogP contribution in [-0.4, -0.2) is 45.7 Å². The van der Waals surface area contributed by atoms with E-state index in [-0.39, 0.29) is 13.4 Å². The minimum absolute atomic E-state index is 0.166. The summed E-state index contributed by atoms with van der Waals surface area (Å²) in [5, 5.41) is 0. The van der Waals surface area contributed by atoms with E-state index in [9.17, 15) is 4.79 Å². The summed E-state index contributed by atoms with van der Waals surface area (Å²) in [7, 11) is 4.57. The van der Waals surface area contributed by atoms with Gasteiger partial charge in [-0.25, -0.2) is 4.79 Å². The second kappa shape index (κ2) is 11.9. The molecule has 0 radical (unpaired) electrons. The predicted octanol–water partition coefficient (Wildman–Crippen LogP) is 4.88. The summed E-state index contributed by atoms with van der Waals surface area (Å²) in [6.07, 6.45) is 6.67. The molecule has 3 rings (SSSR count). The number of pyridine rings is 1. The number of hydrogen-bond acceptors (Lipinski definition) is 7. The predicted molar refractivity (Wildman–Crippen MR) is 125 cm³/mol. The third-order valence-corrected chi connectivity index (χ3v) is 6.24. The molecule has 1 aliphatic rings. The average Bonchev–Trinajstić information content (AvgIpc) is 2.84. The Hall–Kier alpha value is -2.80. The van der Waals surface area contributed by atoms with Crippen LogP contribution in [0.1, 0.15) is 66.1 Å². The fourth-order valence-electron chi connectivity index (χ4n) is 4.49. The van der Waals surface area contributed by atoms with E-state index in [4.69, 9.17) is 23.9 Å². The van der Waals surface area contributed by atoms with Gasteiger partial charge in [0.15, 0.2) is 24.9 Å². The highest BCUT2D eigenvalue weighted by atomic mass is 16.7. The van der Waals surface area contributed by atoms with Crippen LogP contribution in [0, 0.1) is 13.8 Å². The number of carbonyl (C=O) groups is 1. The van der Waals surface area contributed by atoms with E-state index in [2.05, 4.69) is 4.74 Å². The van der Waals surface area contributed by atoms with Crippen molar-refractivity contribution in [1.29, 1.82) is 0 Å². The van der Waals surface area contributed by atoms with Crippen LogP contribution >= 0.6 is 0 Å². The minimum Gasteiger partial charge on any atom is -0.493 e. The summed E-state index contributed by atoms with van der Waals surface area (Å²) < 4.78 is 26.9. The maximum absolute atomic E-state index is 11.5. The van der Waals surface area contributed by atoms with Crippen molar-refractivity contribution >= 4 is 5.97 Å². The summed E-state index contributed by atoms with van der Waals surface area (Å²) >= 11 is 0. The van der Waals surface area contributed by atoms with Gasteiger partial charge in [0.05, 0.1) is 19.9 Å². The van der Waals surface area contributed by atoms with Gasteiger partial charge in [-0.05, 0) is 61.6 Å². The molecule has 0 atom stereocenters. The average molecular weight is 458 g/mol. The topological polar surface area (TPSA) is 76.1 Å². The molecular weight excluding hydrogens is 422 g/mol. The molecule has 0 spiro atoms. The molecule has 7 heteroatoms. The molecule has 1 aromatic carbocycles. The second-order valence-corrected chi connectivity index (χ2v) is 8.44. The standard InChI is InChI=1S/C26H35NO6/c1-17-13-23(32-15-24(28)30-4)26(31-5)18(2)21(17)14-20-11-12-22(33-16-29-3)25(27-20)19-9-7-6-8-10-19/h11-13,19H,6-10,14-16H2,1-5H3. The summed E-state index contributed by atoms with van der Waals surface area (Å²) in [5.74, 6) is 1.93. The zero-order valence-corrected chi connectivity index (χ0v) is 20.4. The van der Waals surface area contributed by atoms with Crippen LogP contribution in [0.3, 0.4) is 0 Å². The van der Waals surface area contributed by atoms with E-state index in [1.807, 2.05) is 32.0 Å². The van der Waals surface area contributed by atoms with Crippen LogP contribution < -0.4 is 14.2 Å². The summed E-state index contributed by atoms with van der Waals surface area (Å²) in [5.41, 5.74) is 5.17. The number of carbonyl (C=O) groups excluding carboxylic acids is 1. The highest BCUT2D eigenvalue weighted by Gasteiger charge is 2.23. The van der Waals surface area contributed by atoms with Gasteiger partial charge in [-0.15, -0.1) is 0 Å². The van der Waals surface area contributed by atoms with Gasteiger partial charge in [-0.2, -0.15) is 0 Å². The van der Waals surface area contributed by atoms with Crippen molar-refractivity contribution in [3.63, 3.8) is 0 Å². The molecule has 0 aliphatic heterocycles. The molecule has 33 heavy (non-hydrogen) atoms. The Morgan fingerprint density at radius 1 is 1.03 bits per heavy atom. The van der Waals surface area contributed by atoms with Crippen LogP contribution in [-0.2, 0) is 20.7 Å². The number of aryl methyl sites for hydroxylation is 1. The Kier molecular flexibility index (Phi) is 8.95. The Balaban J connectivity index is 1.90. The van der Waals surface area contributed by atoms with Crippen LogP contribution in [0.4, 0.5) is 0 Å². The van der Waals surface area contributed by atoms with Crippen molar-refractivity contribution in [2.45, 2.75) is 58.3 Å². The highest BCUT2D eigenvalue weighted by Crippen LogP contribution is 2.38. The zero-order chi connectivity index (χ0) is 23.8. The lowest BCUT2D eigenvalue weighted by atomic mass is 9.86. The van der Waals surface area contributed by atoms with E-state index >= 15 is 0 Å². The van der Waals surface area contributed by atoms with Gasteiger partial charge in [0.25, 0.3) is 0 Å². The summed E-state index contributed by atoms with van der Waals surface area (Å²) in [6, 6.07) is 5.94. The van der Waals surface area contributed by atoms with Gasteiger partial charge in [-0.1, -0.05) is 19.3 Å². The molecule has 1 fully saturated rings. The van der Waals surface area contributed by atoms with Crippen molar-refractivity contribution in [3.8, 4) is 17.2 Å². The molecule has 7 nitrogen and oxygen atoms in total. The number of methoxy groups -OCH3 is 3. The van der Waals surface area contributed by atoms with Gasteiger partial charge >= 0.3 is 5.97 Å². The quantitative estimate of drug-likeness (QED) is 0.372. The highest BCUT2D eigenvalue weighted by molar-refractivity contribution is 5.71. The Bertz CT molecular complexity index is 952. The van der Waals surface area contributed by atoms with Gasteiger partial charge in [0, 0.05) is 25.1 Å². The molecule has 1 heterocycles. The first-order chi connectivity index (χ1) is 16.0. The first-order valence-electron chi connectivity index (χ1n) is 11.5. The van der Waals surface area contributed by atoms with E-state index in [1.54, 1.807) is 14.2 Å². The van der Waals surface area contributed by atoms with Gasteiger partial charge < -0.3 is 23.7 Å². The first kappa shape index (κ1) is 24.8. The second-order valence-electron chi connectivity index (χ2n) is 8.44. The molecule has 0 unspecified atom stereocenters. The van der Waals surface area contributed by atoms with Crippen LogP contribution in [0.5, 0.6) is 17.2 Å². The zero-order valence-electron chi connectivity index (χ0n) is 20.4. The maximum atomic E-state index is 11.5. The summed E-state index contributed by atoms with van der Waals surface area (Å²) in [4.78, 5) is 16.6. The molecule has 0 saturated heterocycles. The number of ether oxygens (including phenoxy) is 5. The Labute approximate surface area is 196 Å². The van der Waals surface area contributed by atoms with Crippen molar-refractivity contribution in [2.75, 3.05) is 34.7 Å². The normalized spacial score (nSPS) is 14.1. The van der Waals surface area contributed by atoms with Crippen molar-refractivity contribution < 1.29 is 28.5 Å². The van der Waals surface area contributed by atoms with Crippen molar-refractivity contribution in [2.24, 2.45) is 0 Å². The molecule has 0 bridgehead atoms. The Morgan fingerprint density at radius 2 is 1.79 bits per heavy atom. The van der Waals surface area contributed by atoms with E-state index in [0.717, 1.165) is 46.7 Å². The molecule has 1 aliphatic carbocycles. The molecule has 0 amide bonds. The SMILES string of the molecule is COCOc1ccc(Cc2c(C)cc(OCC(=O)OC)c(OC)c2C)nc1C1CCCCC1. The fraction of sp³-hybridized carbons (Fsp3) is 0.538. The summed E-state index contributed by atoms with van der Waals surface area (Å²) in [6.45, 7) is 4.08. The van der Waals surface area contributed by atoms with Crippen LogP contribution in [0.25, 0.3) is 0 Å². The third-order valence-electron chi connectivity index (χ3n) is 6.24. The molecule has 2 aromatic rings. The minimum atomic E-state index is -0.438. The van der Waals surface area contributed by atoms with Crippen LogP contribution in [0.2, 0.25) is 0 Å². The maximum Gasteiger partial charge on any atom is 0.343 e.